The fraction of sp³-hybridized carbons (Fsp3) is 0.647. The Balaban J connectivity index is 1.94. The summed E-state index contributed by atoms with van der Waals surface area (Å²) in [6, 6.07) is 9.82. The second-order valence-electron chi connectivity index (χ2n) is 5.93. The molecule has 0 heterocycles. The summed E-state index contributed by atoms with van der Waals surface area (Å²) in [5, 5.41) is 3.81. The third-order valence-corrected chi connectivity index (χ3v) is 4.52. The van der Waals surface area contributed by atoms with E-state index in [-0.39, 0.29) is 0 Å². The molecule has 0 aromatic heterocycles. The summed E-state index contributed by atoms with van der Waals surface area (Å²) < 4.78 is 0. The van der Waals surface area contributed by atoms with E-state index in [0.717, 1.165) is 5.92 Å². The minimum atomic E-state index is 0.461. The first kappa shape index (κ1) is 13.6. The average molecular weight is 245 g/mol. The van der Waals surface area contributed by atoms with Gasteiger partial charge in [0.1, 0.15) is 0 Å². The van der Waals surface area contributed by atoms with Crippen LogP contribution < -0.4 is 5.32 Å². The maximum atomic E-state index is 3.81. The lowest BCUT2D eigenvalue weighted by molar-refractivity contribution is 0.268. The zero-order valence-electron chi connectivity index (χ0n) is 12.1. The number of aryl methyl sites for hydroxylation is 1. The van der Waals surface area contributed by atoms with Crippen molar-refractivity contribution in [3.05, 3.63) is 35.4 Å². The van der Waals surface area contributed by atoms with Gasteiger partial charge in [-0.2, -0.15) is 0 Å². The molecule has 1 aliphatic rings. The predicted molar refractivity (Wildman–Crippen MR) is 78.8 cm³/mol. The molecule has 1 fully saturated rings. The number of hydrogen-bond acceptors (Lipinski definition) is 1. The van der Waals surface area contributed by atoms with Crippen LogP contribution in [0.4, 0.5) is 0 Å². The van der Waals surface area contributed by atoms with E-state index in [1.807, 2.05) is 0 Å². The molecular formula is C17H27N. The normalized spacial score (nSPS) is 20.6. The number of nitrogens with one attached hydrogen (secondary N) is 1. The van der Waals surface area contributed by atoms with Gasteiger partial charge in [-0.1, -0.05) is 43.5 Å². The Bertz CT molecular complexity index is 366. The fourth-order valence-electron chi connectivity index (χ4n) is 3.33. The third-order valence-electron chi connectivity index (χ3n) is 4.52. The molecule has 0 saturated heterocycles. The van der Waals surface area contributed by atoms with Crippen molar-refractivity contribution >= 4 is 0 Å². The SMILES string of the molecule is Cc1ccccc1C(C)NC(C)C1CCCCC1. The molecule has 1 heteroatoms. The highest BCUT2D eigenvalue weighted by Crippen LogP contribution is 2.28. The molecule has 0 amide bonds. The molecule has 0 bridgehead atoms. The summed E-state index contributed by atoms with van der Waals surface area (Å²) in [6.07, 6.45) is 7.12. The number of rotatable bonds is 4. The Morgan fingerprint density at radius 2 is 1.72 bits per heavy atom. The van der Waals surface area contributed by atoms with Crippen molar-refractivity contribution in [2.75, 3.05) is 0 Å². The van der Waals surface area contributed by atoms with Crippen molar-refractivity contribution in [3.8, 4) is 0 Å². The summed E-state index contributed by atoms with van der Waals surface area (Å²) in [4.78, 5) is 0. The van der Waals surface area contributed by atoms with Gasteiger partial charge < -0.3 is 5.32 Å². The Morgan fingerprint density at radius 1 is 1.06 bits per heavy atom. The standard InChI is InChI=1S/C17H27N/c1-13-9-7-8-12-17(13)15(3)18-14(2)16-10-5-4-6-11-16/h7-9,12,14-16,18H,4-6,10-11H2,1-3H3. The van der Waals surface area contributed by atoms with Crippen LogP contribution in [0.5, 0.6) is 0 Å². The monoisotopic (exact) mass is 245 g/mol. The maximum absolute atomic E-state index is 3.81. The zero-order chi connectivity index (χ0) is 13.0. The van der Waals surface area contributed by atoms with E-state index < -0.39 is 0 Å². The van der Waals surface area contributed by atoms with Crippen molar-refractivity contribution in [2.24, 2.45) is 5.92 Å². The topological polar surface area (TPSA) is 12.0 Å². The quantitative estimate of drug-likeness (QED) is 0.816. The van der Waals surface area contributed by atoms with Gasteiger partial charge in [-0.3, -0.25) is 0 Å². The minimum Gasteiger partial charge on any atom is -0.307 e. The van der Waals surface area contributed by atoms with E-state index in [0.29, 0.717) is 12.1 Å². The lowest BCUT2D eigenvalue weighted by Gasteiger charge is -2.31. The van der Waals surface area contributed by atoms with E-state index in [1.165, 1.54) is 43.2 Å². The maximum Gasteiger partial charge on any atom is 0.0296 e. The predicted octanol–water partition coefficient (Wildman–Crippen LogP) is 4.61. The van der Waals surface area contributed by atoms with Gasteiger partial charge in [0, 0.05) is 12.1 Å². The first-order chi connectivity index (χ1) is 8.68. The van der Waals surface area contributed by atoms with Gasteiger partial charge >= 0.3 is 0 Å². The molecule has 2 unspecified atom stereocenters. The van der Waals surface area contributed by atoms with Crippen LogP contribution >= 0.6 is 0 Å². The van der Waals surface area contributed by atoms with Crippen LogP contribution in [-0.2, 0) is 0 Å². The molecule has 1 aromatic carbocycles. The Kier molecular flexibility index (Phi) is 4.82. The van der Waals surface area contributed by atoms with Gasteiger partial charge in [0.2, 0.25) is 0 Å². The van der Waals surface area contributed by atoms with Gasteiger partial charge in [0.25, 0.3) is 0 Å². The van der Waals surface area contributed by atoms with Crippen molar-refractivity contribution in [3.63, 3.8) is 0 Å². The van der Waals surface area contributed by atoms with Crippen LogP contribution in [0.3, 0.4) is 0 Å². The molecule has 1 nitrogen and oxygen atoms in total. The fourth-order valence-corrected chi connectivity index (χ4v) is 3.33. The first-order valence-electron chi connectivity index (χ1n) is 7.50. The second kappa shape index (κ2) is 6.38. The average Bonchev–Trinajstić information content (AvgIpc) is 2.40. The van der Waals surface area contributed by atoms with Crippen molar-refractivity contribution in [1.82, 2.24) is 5.32 Å². The highest BCUT2D eigenvalue weighted by Gasteiger charge is 2.21. The molecule has 1 aromatic rings. The van der Waals surface area contributed by atoms with Gasteiger partial charge in [-0.25, -0.2) is 0 Å². The lowest BCUT2D eigenvalue weighted by atomic mass is 9.84. The number of hydrogen-bond donors (Lipinski definition) is 1. The van der Waals surface area contributed by atoms with E-state index >= 15 is 0 Å². The van der Waals surface area contributed by atoms with Gasteiger partial charge in [0.15, 0.2) is 0 Å². The summed E-state index contributed by atoms with van der Waals surface area (Å²) >= 11 is 0. The van der Waals surface area contributed by atoms with Crippen LogP contribution in [0.25, 0.3) is 0 Å². The highest BCUT2D eigenvalue weighted by molar-refractivity contribution is 5.28. The molecule has 1 saturated carbocycles. The van der Waals surface area contributed by atoms with Crippen molar-refractivity contribution in [1.29, 1.82) is 0 Å². The van der Waals surface area contributed by atoms with Gasteiger partial charge in [-0.05, 0) is 50.7 Å². The highest BCUT2D eigenvalue weighted by atomic mass is 14.9. The second-order valence-corrected chi connectivity index (χ2v) is 5.93. The third kappa shape index (κ3) is 3.35. The summed E-state index contributed by atoms with van der Waals surface area (Å²) in [7, 11) is 0. The molecule has 1 N–H and O–H groups in total. The molecule has 100 valence electrons. The van der Waals surface area contributed by atoms with Crippen molar-refractivity contribution in [2.45, 2.75) is 65.0 Å². The summed E-state index contributed by atoms with van der Waals surface area (Å²) in [5.74, 6) is 0.880. The number of benzene rings is 1. The minimum absolute atomic E-state index is 0.461. The Hall–Kier alpha value is -0.820. The smallest absolute Gasteiger partial charge is 0.0296 e. The van der Waals surface area contributed by atoms with Crippen LogP contribution in [0.15, 0.2) is 24.3 Å². The zero-order valence-corrected chi connectivity index (χ0v) is 12.1. The first-order valence-corrected chi connectivity index (χ1v) is 7.50. The van der Waals surface area contributed by atoms with E-state index in [1.54, 1.807) is 0 Å². The van der Waals surface area contributed by atoms with Crippen LogP contribution in [0.1, 0.15) is 63.1 Å². The molecule has 0 radical (unpaired) electrons. The Morgan fingerprint density at radius 3 is 2.39 bits per heavy atom. The van der Waals surface area contributed by atoms with Crippen LogP contribution in [0, 0.1) is 12.8 Å². The lowest BCUT2D eigenvalue weighted by Crippen LogP contribution is -2.36. The summed E-state index contributed by atoms with van der Waals surface area (Å²) in [6.45, 7) is 6.87. The van der Waals surface area contributed by atoms with Crippen molar-refractivity contribution < 1.29 is 0 Å². The van der Waals surface area contributed by atoms with E-state index in [2.05, 4.69) is 50.4 Å². The molecule has 18 heavy (non-hydrogen) atoms. The summed E-state index contributed by atoms with van der Waals surface area (Å²) in [5.41, 5.74) is 2.84. The molecule has 1 aliphatic carbocycles. The van der Waals surface area contributed by atoms with Gasteiger partial charge in [-0.15, -0.1) is 0 Å². The Labute approximate surface area is 112 Å². The van der Waals surface area contributed by atoms with E-state index in [4.69, 9.17) is 0 Å². The van der Waals surface area contributed by atoms with Crippen LogP contribution in [0.2, 0.25) is 0 Å². The van der Waals surface area contributed by atoms with Gasteiger partial charge in [0.05, 0.1) is 0 Å². The molecular weight excluding hydrogens is 218 g/mol. The van der Waals surface area contributed by atoms with Crippen LogP contribution in [-0.4, -0.2) is 6.04 Å². The molecule has 0 aliphatic heterocycles. The largest absolute Gasteiger partial charge is 0.307 e. The molecule has 0 spiro atoms. The molecule has 2 rings (SSSR count). The van der Waals surface area contributed by atoms with E-state index in [9.17, 15) is 0 Å². The molecule has 2 atom stereocenters.